The molecule has 5 aliphatic rings. The first-order chi connectivity index (χ1) is 22.6. The summed E-state index contributed by atoms with van der Waals surface area (Å²) in [7, 11) is -1.58. The normalized spacial score (nSPS) is 36.0. The molecule has 2 aromatic carbocycles. The van der Waals surface area contributed by atoms with E-state index >= 15 is 0 Å². The van der Waals surface area contributed by atoms with Gasteiger partial charge in [0.1, 0.15) is 22.3 Å². The van der Waals surface area contributed by atoms with Crippen molar-refractivity contribution < 1.29 is 18.8 Å². The standard InChI is InChI=1S/C38H46ClN3O4S/c1-24-6-4-17-38(44,30-11-8-25(2)40-20-30)33-13-9-29(33)21-42-22-37(16-5-7-27-18-31(39)12-14-32(27)37)23-46-35-15-10-28(19-34(35)42)36(43)41-47(45)26(24)3/h4,8,10-12,14-15,17-20,24-26,29,33,40,44H,5-7,9,13,16,21-23H2,1-3H3,(H,41,43)/b17-4+/t24?,25?,26?,29?,33?,37-,38-,47?/m0/s1. The molecule has 250 valence electrons. The van der Waals surface area contributed by atoms with Crippen LogP contribution in [0.2, 0.25) is 5.02 Å². The number of halogens is 1. The third-order valence-corrected chi connectivity index (χ3v) is 13.2. The molecule has 0 saturated heterocycles. The molecular weight excluding hydrogens is 630 g/mol. The number of aliphatic hydroxyl groups is 1. The van der Waals surface area contributed by atoms with Crippen LogP contribution in [0.3, 0.4) is 0 Å². The van der Waals surface area contributed by atoms with E-state index in [0.717, 1.165) is 60.7 Å². The summed E-state index contributed by atoms with van der Waals surface area (Å²) in [5.41, 5.74) is 3.35. The zero-order chi connectivity index (χ0) is 32.9. The molecule has 6 unspecified atom stereocenters. The monoisotopic (exact) mass is 675 g/mol. The number of fused-ring (bicyclic) bond motifs is 4. The van der Waals surface area contributed by atoms with Crippen LogP contribution in [0.25, 0.3) is 0 Å². The maximum atomic E-state index is 13.5. The number of allylic oxidation sites excluding steroid dienone is 1. The van der Waals surface area contributed by atoms with E-state index in [-0.39, 0.29) is 40.4 Å². The summed E-state index contributed by atoms with van der Waals surface area (Å²) in [6, 6.07) is 12.0. The Hall–Kier alpha value is -3.07. The van der Waals surface area contributed by atoms with Crippen molar-refractivity contribution in [3.8, 4) is 5.75 Å². The molecule has 0 radical (unpaired) electrons. The Balaban J connectivity index is 1.32. The largest absolute Gasteiger partial charge is 0.490 e. The number of hydrogen-bond acceptors (Lipinski definition) is 6. The zero-order valence-corrected chi connectivity index (χ0v) is 29.1. The average molecular weight is 676 g/mol. The molecule has 47 heavy (non-hydrogen) atoms. The topological polar surface area (TPSA) is 90.9 Å². The van der Waals surface area contributed by atoms with Gasteiger partial charge in [0, 0.05) is 52.8 Å². The molecule has 1 saturated carbocycles. The van der Waals surface area contributed by atoms with Crippen LogP contribution in [-0.2, 0) is 22.8 Å². The molecule has 1 spiro atoms. The van der Waals surface area contributed by atoms with Crippen molar-refractivity contribution in [1.82, 2.24) is 10.0 Å². The van der Waals surface area contributed by atoms with Crippen molar-refractivity contribution in [3.63, 3.8) is 0 Å². The summed E-state index contributed by atoms with van der Waals surface area (Å²) in [5.74, 6) is 0.635. The van der Waals surface area contributed by atoms with Crippen LogP contribution < -0.4 is 19.7 Å². The highest BCUT2D eigenvalue weighted by atomic mass is 35.5. The Labute approximate surface area is 286 Å². The number of nitrogens with zero attached hydrogens (tertiary/aromatic N) is 1. The number of nitrogens with one attached hydrogen (secondary N) is 2. The van der Waals surface area contributed by atoms with E-state index in [1.54, 1.807) is 6.07 Å². The van der Waals surface area contributed by atoms with Gasteiger partial charge in [-0.3, -0.25) is 9.52 Å². The van der Waals surface area contributed by atoms with Gasteiger partial charge in [0.15, 0.2) is 0 Å². The third-order valence-electron chi connectivity index (χ3n) is 11.5. The van der Waals surface area contributed by atoms with E-state index < -0.39 is 16.6 Å². The van der Waals surface area contributed by atoms with Crippen molar-refractivity contribution in [3.05, 3.63) is 94.2 Å². The Kier molecular flexibility index (Phi) is 8.81. The summed E-state index contributed by atoms with van der Waals surface area (Å²) in [6.07, 6.45) is 15.7. The lowest BCUT2D eigenvalue weighted by Crippen LogP contribution is -2.53. The van der Waals surface area contributed by atoms with Gasteiger partial charge in [0.05, 0.1) is 17.5 Å². The molecule has 0 aromatic heterocycles. The van der Waals surface area contributed by atoms with Crippen LogP contribution in [0.1, 0.15) is 74.4 Å². The van der Waals surface area contributed by atoms with Gasteiger partial charge >= 0.3 is 0 Å². The van der Waals surface area contributed by atoms with Crippen molar-refractivity contribution >= 4 is 34.2 Å². The maximum absolute atomic E-state index is 13.5. The number of hydrogen-bond donors (Lipinski definition) is 3. The number of carbonyl (C=O) groups is 1. The SMILES string of the molecule is CC1C=CC([C@@]2(O)/C=C/CC(C)C(C)S(=O)NC(=O)c3ccc4c(c3)N(CC3CCC32)C[C@@]2(CCCc3cc(Cl)ccc32)CO4)=CN1. The lowest BCUT2D eigenvalue weighted by atomic mass is 9.61. The quantitative estimate of drug-likeness (QED) is 0.304. The highest BCUT2D eigenvalue weighted by Crippen LogP contribution is 2.50. The molecule has 2 bridgehead atoms. The van der Waals surface area contributed by atoms with Gasteiger partial charge in [-0.25, -0.2) is 4.21 Å². The maximum Gasteiger partial charge on any atom is 0.263 e. The zero-order valence-electron chi connectivity index (χ0n) is 27.5. The molecule has 1 fully saturated rings. The molecule has 2 aromatic rings. The first-order valence-corrected chi connectivity index (χ1v) is 18.7. The molecule has 7 rings (SSSR count). The number of amides is 1. The Bertz CT molecular complexity index is 1670. The lowest BCUT2D eigenvalue weighted by molar-refractivity contribution is -0.0167. The molecule has 3 N–H and O–H groups in total. The summed E-state index contributed by atoms with van der Waals surface area (Å²) in [5, 5.41) is 16.5. The van der Waals surface area contributed by atoms with Crippen molar-refractivity contribution in [2.75, 3.05) is 24.6 Å². The molecular formula is C38H46ClN3O4S. The number of dihydropyridines is 1. The Morgan fingerprint density at radius 1 is 1.13 bits per heavy atom. The second kappa shape index (κ2) is 12.8. The fraction of sp³-hybridized carbons (Fsp3) is 0.500. The number of carbonyl (C=O) groups excluding carboxylic acids is 1. The van der Waals surface area contributed by atoms with E-state index in [2.05, 4.69) is 46.1 Å². The number of anilines is 1. The van der Waals surface area contributed by atoms with Gasteiger partial charge < -0.3 is 20.1 Å². The summed E-state index contributed by atoms with van der Waals surface area (Å²) >= 11 is 6.46. The second-order valence-corrected chi connectivity index (χ2v) is 16.5. The van der Waals surface area contributed by atoms with Gasteiger partial charge in [-0.1, -0.05) is 48.9 Å². The molecule has 3 aliphatic heterocycles. The van der Waals surface area contributed by atoms with Crippen LogP contribution in [-0.4, -0.2) is 51.8 Å². The van der Waals surface area contributed by atoms with E-state index in [0.29, 0.717) is 25.1 Å². The fourth-order valence-electron chi connectivity index (χ4n) is 8.27. The minimum atomic E-state index is -1.58. The number of benzene rings is 2. The van der Waals surface area contributed by atoms with E-state index in [9.17, 15) is 14.1 Å². The number of aryl methyl sites for hydroxylation is 1. The first kappa shape index (κ1) is 32.5. The summed E-state index contributed by atoms with van der Waals surface area (Å²) in [4.78, 5) is 15.9. The predicted molar refractivity (Wildman–Crippen MR) is 189 cm³/mol. The number of rotatable bonds is 1. The van der Waals surface area contributed by atoms with Gasteiger partial charge in [0.2, 0.25) is 0 Å². The van der Waals surface area contributed by atoms with Gasteiger partial charge in [-0.2, -0.15) is 0 Å². The van der Waals surface area contributed by atoms with Crippen molar-refractivity contribution in [1.29, 1.82) is 0 Å². The molecule has 3 heterocycles. The van der Waals surface area contributed by atoms with Gasteiger partial charge in [-0.05, 0) is 106 Å². The fourth-order valence-corrected chi connectivity index (χ4v) is 9.48. The summed E-state index contributed by atoms with van der Waals surface area (Å²) in [6.45, 7) is 8.01. The first-order valence-electron chi connectivity index (χ1n) is 17.1. The highest BCUT2D eigenvalue weighted by Gasteiger charge is 2.49. The molecule has 7 nitrogen and oxygen atoms in total. The van der Waals surface area contributed by atoms with Gasteiger partial charge in [0.25, 0.3) is 5.91 Å². The second-order valence-electron chi connectivity index (χ2n) is 14.5. The molecule has 2 aliphatic carbocycles. The van der Waals surface area contributed by atoms with Gasteiger partial charge in [-0.15, -0.1) is 0 Å². The van der Waals surface area contributed by atoms with Crippen LogP contribution in [0.5, 0.6) is 5.75 Å². The molecule has 1 amide bonds. The van der Waals surface area contributed by atoms with E-state index in [4.69, 9.17) is 16.3 Å². The van der Waals surface area contributed by atoms with Crippen molar-refractivity contribution in [2.45, 2.75) is 81.6 Å². The minimum absolute atomic E-state index is 0.00660. The summed E-state index contributed by atoms with van der Waals surface area (Å²) < 4.78 is 22.8. The number of ether oxygens (including phenoxy) is 1. The predicted octanol–water partition coefficient (Wildman–Crippen LogP) is 6.38. The Morgan fingerprint density at radius 2 is 1.98 bits per heavy atom. The van der Waals surface area contributed by atoms with E-state index in [1.165, 1.54) is 11.1 Å². The average Bonchev–Trinajstić information content (AvgIpc) is 3.19. The van der Waals surface area contributed by atoms with Crippen LogP contribution in [0, 0.1) is 17.8 Å². The highest BCUT2D eigenvalue weighted by molar-refractivity contribution is 7.84. The van der Waals surface area contributed by atoms with E-state index in [1.807, 2.05) is 50.4 Å². The third kappa shape index (κ3) is 6.06. The smallest absolute Gasteiger partial charge is 0.263 e. The van der Waals surface area contributed by atoms with Crippen LogP contribution in [0.4, 0.5) is 5.69 Å². The van der Waals surface area contributed by atoms with Crippen LogP contribution in [0.15, 0.2) is 72.5 Å². The lowest BCUT2D eigenvalue weighted by Gasteiger charge is -2.50. The Morgan fingerprint density at radius 3 is 2.74 bits per heavy atom. The van der Waals surface area contributed by atoms with Crippen molar-refractivity contribution in [2.24, 2.45) is 17.8 Å². The molecule has 9 heteroatoms. The van der Waals surface area contributed by atoms with Crippen LogP contribution >= 0.6 is 11.6 Å². The molecule has 8 atom stereocenters. The minimum Gasteiger partial charge on any atom is -0.490 e.